The number of rotatable bonds is 8. The third-order valence-electron chi connectivity index (χ3n) is 6.07. The largest absolute Gasteiger partial charge is 0.449 e. The Hall–Kier alpha value is -3.25. The van der Waals surface area contributed by atoms with Crippen LogP contribution in [0.15, 0.2) is 59.5 Å². The van der Waals surface area contributed by atoms with Crippen LogP contribution >= 0.6 is 0 Å². The minimum absolute atomic E-state index is 0.178. The zero-order valence-corrected chi connectivity index (χ0v) is 21.5. The van der Waals surface area contributed by atoms with Gasteiger partial charge >= 0.3 is 5.97 Å². The van der Waals surface area contributed by atoms with Crippen LogP contribution in [-0.4, -0.2) is 83.3 Å². The van der Waals surface area contributed by atoms with Crippen molar-refractivity contribution in [2.24, 2.45) is 0 Å². The monoisotopic (exact) mass is 529 g/mol. The molecule has 0 aliphatic carbocycles. The molecule has 2 aliphatic heterocycles. The first kappa shape index (κ1) is 26.8. The Bertz CT molecular complexity index is 1200. The number of anilines is 2. The molecule has 1 atom stereocenters. The molecule has 10 nitrogen and oxygen atoms in total. The fourth-order valence-corrected chi connectivity index (χ4v) is 5.35. The molecule has 0 radical (unpaired) electrons. The number of amides is 1. The Labute approximate surface area is 216 Å². The molecule has 0 bridgehead atoms. The maximum Gasteiger partial charge on any atom is 0.331 e. The molecule has 0 saturated carbocycles. The van der Waals surface area contributed by atoms with Gasteiger partial charge in [0.25, 0.3) is 5.91 Å². The van der Waals surface area contributed by atoms with Gasteiger partial charge in [-0.2, -0.15) is 4.31 Å². The Kier molecular flexibility index (Phi) is 8.93. The maximum atomic E-state index is 12.7. The Balaban J connectivity index is 1.26. The highest BCUT2D eigenvalue weighted by molar-refractivity contribution is 7.89. The number of benzene rings is 2. The van der Waals surface area contributed by atoms with Crippen LogP contribution in [0.1, 0.15) is 12.5 Å². The molecular weight excluding hydrogens is 498 g/mol. The Morgan fingerprint density at radius 3 is 2.14 bits per heavy atom. The van der Waals surface area contributed by atoms with Crippen molar-refractivity contribution in [2.75, 3.05) is 62.8 Å². The van der Waals surface area contributed by atoms with E-state index in [0.29, 0.717) is 50.8 Å². The summed E-state index contributed by atoms with van der Waals surface area (Å²) in [5, 5.41) is 2.75. The number of nitrogens with one attached hydrogen (secondary N) is 1. The molecule has 1 unspecified atom stereocenters. The van der Waals surface area contributed by atoms with Gasteiger partial charge < -0.3 is 24.4 Å². The standard InChI is InChI=1S/C26H31N3O7S/c1-20(26(31)27-22-5-7-23(8-6-22)28-12-16-34-17-13-28)36-25(30)11-4-21-2-9-24(10-3-21)37(32,33)29-14-18-35-19-15-29/h2-11,20H,12-19H2,1H3,(H,27,31). The summed E-state index contributed by atoms with van der Waals surface area (Å²) in [7, 11) is -3.58. The highest BCUT2D eigenvalue weighted by atomic mass is 32.2. The zero-order chi connectivity index (χ0) is 26.3. The lowest BCUT2D eigenvalue weighted by atomic mass is 10.2. The molecule has 1 N–H and O–H groups in total. The average molecular weight is 530 g/mol. The summed E-state index contributed by atoms with van der Waals surface area (Å²) in [5.41, 5.74) is 2.28. The first-order valence-electron chi connectivity index (χ1n) is 12.1. The molecule has 2 aliphatic rings. The van der Waals surface area contributed by atoms with Crippen LogP contribution in [0, 0.1) is 0 Å². The number of ether oxygens (including phenoxy) is 3. The maximum absolute atomic E-state index is 12.7. The summed E-state index contributed by atoms with van der Waals surface area (Å²) in [6, 6.07) is 13.7. The second-order valence-corrected chi connectivity index (χ2v) is 10.6. The molecule has 2 aromatic rings. The van der Waals surface area contributed by atoms with Gasteiger partial charge in [0.05, 0.1) is 31.3 Å². The minimum atomic E-state index is -3.58. The summed E-state index contributed by atoms with van der Waals surface area (Å²) in [6.45, 7) is 5.92. The van der Waals surface area contributed by atoms with E-state index in [2.05, 4.69) is 10.2 Å². The molecule has 11 heteroatoms. The smallest absolute Gasteiger partial charge is 0.331 e. The van der Waals surface area contributed by atoms with Gasteiger partial charge in [-0.25, -0.2) is 13.2 Å². The van der Waals surface area contributed by atoms with Crippen LogP contribution in [0.25, 0.3) is 6.08 Å². The summed E-state index contributed by atoms with van der Waals surface area (Å²) in [5.74, 6) is -1.13. The summed E-state index contributed by atoms with van der Waals surface area (Å²) >= 11 is 0. The number of sulfonamides is 1. The molecule has 2 saturated heterocycles. The van der Waals surface area contributed by atoms with Gasteiger partial charge in [-0.15, -0.1) is 0 Å². The van der Waals surface area contributed by atoms with Crippen molar-refractivity contribution in [1.29, 1.82) is 0 Å². The van der Waals surface area contributed by atoms with Crippen molar-refractivity contribution in [3.8, 4) is 0 Å². The van der Waals surface area contributed by atoms with E-state index in [9.17, 15) is 18.0 Å². The van der Waals surface area contributed by atoms with Crippen molar-refractivity contribution in [2.45, 2.75) is 17.9 Å². The predicted octanol–water partition coefficient (Wildman–Crippen LogP) is 2.13. The normalized spacial score (nSPS) is 17.9. The van der Waals surface area contributed by atoms with Crippen LogP contribution in [0.2, 0.25) is 0 Å². The number of carbonyl (C=O) groups excluding carboxylic acids is 2. The van der Waals surface area contributed by atoms with Gasteiger partial charge in [-0.1, -0.05) is 12.1 Å². The SMILES string of the molecule is CC(OC(=O)C=Cc1ccc(S(=O)(=O)N2CCOCC2)cc1)C(=O)Nc1ccc(N2CCOCC2)cc1. The molecule has 2 fully saturated rings. The Morgan fingerprint density at radius 2 is 1.51 bits per heavy atom. The van der Waals surface area contributed by atoms with Crippen molar-refractivity contribution in [3.63, 3.8) is 0 Å². The van der Waals surface area contributed by atoms with Crippen molar-refractivity contribution >= 4 is 39.4 Å². The highest BCUT2D eigenvalue weighted by Gasteiger charge is 2.26. The fraction of sp³-hybridized carbons (Fsp3) is 0.385. The third-order valence-corrected chi connectivity index (χ3v) is 7.99. The van der Waals surface area contributed by atoms with Crippen molar-refractivity contribution in [1.82, 2.24) is 4.31 Å². The summed E-state index contributed by atoms with van der Waals surface area (Å²) in [4.78, 5) is 27.1. The van der Waals surface area contributed by atoms with Crippen molar-refractivity contribution < 1.29 is 32.2 Å². The lowest BCUT2D eigenvalue weighted by molar-refractivity contribution is -0.148. The van der Waals surface area contributed by atoms with Crippen LogP contribution in [-0.2, 0) is 33.8 Å². The van der Waals surface area contributed by atoms with Crippen LogP contribution in [0.5, 0.6) is 0 Å². The van der Waals surface area contributed by atoms with Crippen LogP contribution < -0.4 is 10.2 Å². The third kappa shape index (κ3) is 7.16. The highest BCUT2D eigenvalue weighted by Crippen LogP contribution is 2.20. The van der Waals surface area contributed by atoms with Crippen molar-refractivity contribution in [3.05, 3.63) is 60.2 Å². The van der Waals surface area contributed by atoms with Gasteiger partial charge in [0.2, 0.25) is 10.0 Å². The summed E-state index contributed by atoms with van der Waals surface area (Å²) < 4.78 is 42.6. The number of hydrogen-bond donors (Lipinski definition) is 1. The number of morpholine rings is 2. The number of hydrogen-bond acceptors (Lipinski definition) is 8. The molecular formula is C26H31N3O7S. The molecule has 2 aromatic carbocycles. The van der Waals surface area contributed by atoms with Crippen LogP contribution in [0.4, 0.5) is 11.4 Å². The molecule has 0 spiro atoms. The van der Waals surface area contributed by atoms with E-state index in [0.717, 1.165) is 18.8 Å². The Morgan fingerprint density at radius 1 is 0.919 bits per heavy atom. The zero-order valence-electron chi connectivity index (χ0n) is 20.7. The van der Waals surface area contributed by atoms with Crippen LogP contribution in [0.3, 0.4) is 0 Å². The predicted molar refractivity (Wildman–Crippen MR) is 139 cm³/mol. The topological polar surface area (TPSA) is 114 Å². The molecule has 198 valence electrons. The second kappa shape index (κ2) is 12.3. The van der Waals surface area contributed by atoms with E-state index >= 15 is 0 Å². The quantitative estimate of drug-likeness (QED) is 0.409. The van der Waals surface area contributed by atoms with E-state index in [4.69, 9.17) is 14.2 Å². The first-order valence-corrected chi connectivity index (χ1v) is 13.6. The second-order valence-electron chi connectivity index (χ2n) is 8.63. The number of nitrogens with zero attached hydrogens (tertiary/aromatic N) is 2. The molecule has 2 heterocycles. The molecule has 0 aromatic heterocycles. The van der Waals surface area contributed by atoms with Gasteiger partial charge in [-0.3, -0.25) is 4.79 Å². The molecule has 37 heavy (non-hydrogen) atoms. The first-order chi connectivity index (χ1) is 17.8. The number of carbonyl (C=O) groups is 2. The molecule has 4 rings (SSSR count). The van der Waals surface area contributed by atoms with E-state index in [1.54, 1.807) is 24.3 Å². The van der Waals surface area contributed by atoms with Gasteiger partial charge in [-0.05, 0) is 55.0 Å². The van der Waals surface area contributed by atoms with Gasteiger partial charge in [0.1, 0.15) is 0 Å². The fourth-order valence-electron chi connectivity index (χ4n) is 3.94. The van der Waals surface area contributed by atoms with Gasteiger partial charge in [0.15, 0.2) is 6.10 Å². The average Bonchev–Trinajstić information content (AvgIpc) is 2.93. The summed E-state index contributed by atoms with van der Waals surface area (Å²) in [6.07, 6.45) is 1.70. The lowest BCUT2D eigenvalue weighted by Crippen LogP contribution is -2.40. The van der Waals surface area contributed by atoms with E-state index < -0.39 is 28.0 Å². The van der Waals surface area contributed by atoms with E-state index in [1.807, 2.05) is 12.1 Å². The molecule has 1 amide bonds. The van der Waals surface area contributed by atoms with Gasteiger partial charge in [0, 0.05) is 43.6 Å². The minimum Gasteiger partial charge on any atom is -0.449 e. The van der Waals surface area contributed by atoms with E-state index in [-0.39, 0.29) is 4.90 Å². The lowest BCUT2D eigenvalue weighted by Gasteiger charge is -2.28. The van der Waals surface area contributed by atoms with E-state index in [1.165, 1.54) is 35.5 Å². The number of esters is 1.